The Morgan fingerprint density at radius 1 is 1.11 bits per heavy atom. The highest BCUT2D eigenvalue weighted by Crippen LogP contribution is 2.37. The van der Waals surface area contributed by atoms with Crippen LogP contribution in [0.2, 0.25) is 5.02 Å². The average molecular weight is 394 g/mol. The Labute approximate surface area is 167 Å². The van der Waals surface area contributed by atoms with Gasteiger partial charge < -0.3 is 9.47 Å². The molecule has 1 saturated carbocycles. The van der Waals surface area contributed by atoms with Crippen LogP contribution in [0.1, 0.15) is 41.4 Å². The molecular weight excluding hydrogens is 374 g/mol. The number of carbonyl (C=O) groups is 2. The van der Waals surface area contributed by atoms with E-state index in [-0.39, 0.29) is 24.2 Å². The Balaban J connectivity index is 1.50. The van der Waals surface area contributed by atoms with Gasteiger partial charge in [0.05, 0.1) is 17.6 Å². The van der Waals surface area contributed by atoms with E-state index in [0.717, 1.165) is 29.7 Å². The topological polar surface area (TPSA) is 55.2 Å². The lowest BCUT2D eigenvalue weighted by Crippen LogP contribution is -2.27. The van der Waals surface area contributed by atoms with Gasteiger partial charge in [0.15, 0.2) is 5.78 Å². The average Bonchev–Trinajstić information content (AvgIpc) is 3.38. The van der Waals surface area contributed by atoms with Gasteiger partial charge in [-0.25, -0.2) is 4.98 Å². The van der Waals surface area contributed by atoms with Crippen molar-refractivity contribution in [2.45, 2.75) is 37.8 Å². The molecule has 1 atom stereocenters. The van der Waals surface area contributed by atoms with E-state index in [1.807, 2.05) is 33.7 Å². The summed E-state index contributed by atoms with van der Waals surface area (Å²) in [4.78, 5) is 32.2. The first-order valence-electron chi connectivity index (χ1n) is 9.63. The molecule has 2 fully saturated rings. The van der Waals surface area contributed by atoms with Crippen LogP contribution in [0.15, 0.2) is 48.5 Å². The van der Waals surface area contributed by atoms with Crippen molar-refractivity contribution in [3.05, 3.63) is 64.9 Å². The highest BCUT2D eigenvalue weighted by atomic mass is 35.5. The van der Waals surface area contributed by atoms with Gasteiger partial charge in [-0.15, -0.1) is 0 Å². The third kappa shape index (κ3) is 3.10. The molecular formula is C22H20ClN3O2. The molecule has 5 rings (SSSR count). The fourth-order valence-electron chi connectivity index (χ4n) is 4.09. The Kier molecular flexibility index (Phi) is 4.20. The number of imidazole rings is 1. The van der Waals surface area contributed by atoms with Crippen LogP contribution in [0.25, 0.3) is 11.0 Å². The smallest absolute Gasteiger partial charge is 0.223 e. The summed E-state index contributed by atoms with van der Waals surface area (Å²) >= 11 is 5.94. The van der Waals surface area contributed by atoms with Crippen molar-refractivity contribution in [2.24, 2.45) is 0 Å². The molecule has 1 unspecified atom stereocenters. The Morgan fingerprint density at radius 2 is 1.86 bits per heavy atom. The number of halogens is 1. The van der Waals surface area contributed by atoms with E-state index in [0.29, 0.717) is 29.6 Å². The molecule has 0 spiro atoms. The second-order valence-electron chi connectivity index (χ2n) is 7.65. The number of hydrogen-bond acceptors (Lipinski definition) is 3. The van der Waals surface area contributed by atoms with Gasteiger partial charge in [0.25, 0.3) is 0 Å². The van der Waals surface area contributed by atoms with Crippen LogP contribution in [0, 0.1) is 0 Å². The second kappa shape index (κ2) is 6.74. The SMILES string of the molecule is O=C(Cn1c(C2CC(=O)N(C3CC3)C2)nc2ccccc21)c1ccc(Cl)cc1. The molecule has 1 aliphatic heterocycles. The van der Waals surface area contributed by atoms with Crippen molar-refractivity contribution in [1.82, 2.24) is 14.5 Å². The zero-order valence-electron chi connectivity index (χ0n) is 15.3. The molecule has 28 heavy (non-hydrogen) atoms. The fraction of sp³-hybridized carbons (Fsp3) is 0.318. The van der Waals surface area contributed by atoms with E-state index in [9.17, 15) is 9.59 Å². The number of carbonyl (C=O) groups excluding carboxylic acids is 2. The maximum Gasteiger partial charge on any atom is 0.223 e. The largest absolute Gasteiger partial charge is 0.339 e. The summed E-state index contributed by atoms with van der Waals surface area (Å²) in [7, 11) is 0. The number of benzene rings is 2. The highest BCUT2D eigenvalue weighted by molar-refractivity contribution is 6.30. The van der Waals surface area contributed by atoms with Gasteiger partial charge in [-0.2, -0.15) is 0 Å². The van der Waals surface area contributed by atoms with Crippen LogP contribution in [0.4, 0.5) is 0 Å². The molecule has 2 heterocycles. The summed E-state index contributed by atoms with van der Waals surface area (Å²) in [5.41, 5.74) is 2.41. The van der Waals surface area contributed by atoms with Gasteiger partial charge in [-0.1, -0.05) is 23.7 Å². The fourth-order valence-corrected chi connectivity index (χ4v) is 4.21. The molecule has 142 valence electrons. The molecule has 0 bridgehead atoms. The Hall–Kier alpha value is -2.66. The molecule has 5 nitrogen and oxygen atoms in total. The summed E-state index contributed by atoms with van der Waals surface area (Å²) in [6.45, 7) is 0.896. The third-order valence-electron chi connectivity index (χ3n) is 5.66. The van der Waals surface area contributed by atoms with Crippen LogP contribution in [-0.2, 0) is 11.3 Å². The van der Waals surface area contributed by atoms with E-state index >= 15 is 0 Å². The predicted molar refractivity (Wildman–Crippen MR) is 108 cm³/mol. The summed E-state index contributed by atoms with van der Waals surface area (Å²) in [5.74, 6) is 1.07. The molecule has 2 aliphatic rings. The predicted octanol–water partition coefficient (Wildman–Crippen LogP) is 4.05. The molecule has 1 saturated heterocycles. The number of rotatable bonds is 5. The molecule has 1 aromatic heterocycles. The summed E-state index contributed by atoms with van der Waals surface area (Å²) in [6, 6.07) is 15.2. The third-order valence-corrected chi connectivity index (χ3v) is 5.92. The number of nitrogens with zero attached hydrogens (tertiary/aromatic N) is 3. The van der Waals surface area contributed by atoms with Crippen LogP contribution in [-0.4, -0.2) is 38.7 Å². The Bertz CT molecular complexity index is 1070. The van der Waals surface area contributed by atoms with E-state index in [1.165, 1.54) is 0 Å². The first-order valence-corrected chi connectivity index (χ1v) is 10.0. The monoisotopic (exact) mass is 393 g/mol. The number of aromatic nitrogens is 2. The molecule has 3 aromatic rings. The zero-order chi connectivity index (χ0) is 19.3. The van der Waals surface area contributed by atoms with Gasteiger partial charge in [0, 0.05) is 35.5 Å². The zero-order valence-corrected chi connectivity index (χ0v) is 16.1. The lowest BCUT2D eigenvalue weighted by Gasteiger charge is -2.16. The van der Waals surface area contributed by atoms with Gasteiger partial charge >= 0.3 is 0 Å². The highest BCUT2D eigenvalue weighted by Gasteiger charge is 2.41. The number of ketones is 1. The van der Waals surface area contributed by atoms with Crippen LogP contribution >= 0.6 is 11.6 Å². The van der Waals surface area contributed by atoms with Crippen molar-refractivity contribution >= 4 is 34.3 Å². The minimum atomic E-state index is 0.00411. The first kappa shape index (κ1) is 17.4. The van der Waals surface area contributed by atoms with Crippen molar-refractivity contribution in [1.29, 1.82) is 0 Å². The van der Waals surface area contributed by atoms with Crippen LogP contribution in [0.5, 0.6) is 0 Å². The maximum absolute atomic E-state index is 12.9. The van der Waals surface area contributed by atoms with Crippen LogP contribution in [0.3, 0.4) is 0 Å². The molecule has 6 heteroatoms. The molecule has 1 amide bonds. The number of amides is 1. The quantitative estimate of drug-likeness (QED) is 0.614. The number of hydrogen-bond donors (Lipinski definition) is 0. The molecule has 0 radical (unpaired) electrons. The number of Topliss-reactive ketones (excluding diaryl/α,β-unsaturated/α-hetero) is 1. The lowest BCUT2D eigenvalue weighted by atomic mass is 10.1. The minimum Gasteiger partial charge on any atom is -0.339 e. The number of likely N-dealkylation sites (tertiary alicyclic amines) is 1. The number of fused-ring (bicyclic) bond motifs is 1. The van der Waals surface area contributed by atoms with Gasteiger partial charge in [-0.3, -0.25) is 9.59 Å². The van der Waals surface area contributed by atoms with Gasteiger partial charge in [-0.05, 0) is 49.2 Å². The van der Waals surface area contributed by atoms with Crippen molar-refractivity contribution in [3.63, 3.8) is 0 Å². The standard InChI is InChI=1S/C22H20ClN3O2/c23-16-7-5-14(6-8-16)20(27)13-26-19-4-2-1-3-18(19)24-22(26)15-11-21(28)25(12-15)17-9-10-17/h1-8,15,17H,9-13H2. The molecule has 1 aliphatic carbocycles. The summed E-state index contributed by atoms with van der Waals surface area (Å²) < 4.78 is 1.99. The summed E-state index contributed by atoms with van der Waals surface area (Å²) in [5, 5.41) is 0.606. The normalized spacial score (nSPS) is 19.5. The van der Waals surface area contributed by atoms with E-state index in [4.69, 9.17) is 16.6 Å². The van der Waals surface area contributed by atoms with Gasteiger partial charge in [0.2, 0.25) is 5.91 Å². The second-order valence-corrected chi connectivity index (χ2v) is 8.09. The van der Waals surface area contributed by atoms with E-state index in [1.54, 1.807) is 24.3 Å². The number of para-hydroxylation sites is 2. The van der Waals surface area contributed by atoms with Crippen molar-refractivity contribution in [3.8, 4) is 0 Å². The van der Waals surface area contributed by atoms with Gasteiger partial charge in [0.1, 0.15) is 5.82 Å². The van der Waals surface area contributed by atoms with E-state index < -0.39 is 0 Å². The van der Waals surface area contributed by atoms with Crippen molar-refractivity contribution < 1.29 is 9.59 Å². The first-order chi connectivity index (χ1) is 13.6. The molecule has 0 N–H and O–H groups in total. The van der Waals surface area contributed by atoms with E-state index in [2.05, 4.69) is 0 Å². The van der Waals surface area contributed by atoms with Crippen molar-refractivity contribution in [2.75, 3.05) is 6.54 Å². The van der Waals surface area contributed by atoms with Crippen LogP contribution < -0.4 is 0 Å². The maximum atomic E-state index is 12.9. The molecule has 2 aromatic carbocycles. The minimum absolute atomic E-state index is 0.00411. The Morgan fingerprint density at radius 3 is 2.61 bits per heavy atom. The summed E-state index contributed by atoms with van der Waals surface area (Å²) in [6.07, 6.45) is 2.67. The lowest BCUT2D eigenvalue weighted by molar-refractivity contribution is -0.128.